The molecule has 3 rings (SSSR count). The molecule has 2 aromatic rings. The summed E-state index contributed by atoms with van der Waals surface area (Å²) < 4.78 is 0. The lowest BCUT2D eigenvalue weighted by Gasteiger charge is -2.29. The van der Waals surface area contributed by atoms with Gasteiger partial charge in [-0.15, -0.1) is 0 Å². The van der Waals surface area contributed by atoms with Crippen molar-refractivity contribution in [2.24, 2.45) is 0 Å². The molecule has 0 spiro atoms. The molecule has 0 saturated heterocycles. The Morgan fingerprint density at radius 1 is 1.31 bits per heavy atom. The van der Waals surface area contributed by atoms with Gasteiger partial charge in [-0.3, -0.25) is 14.7 Å². The van der Waals surface area contributed by atoms with Gasteiger partial charge in [-0.2, -0.15) is 0 Å². The second kappa shape index (κ2) is 7.83. The van der Waals surface area contributed by atoms with Crippen LogP contribution in [0.25, 0.3) is 10.9 Å². The third-order valence-corrected chi connectivity index (χ3v) is 4.98. The van der Waals surface area contributed by atoms with Crippen LogP contribution in [0.3, 0.4) is 0 Å². The second-order valence-electron chi connectivity index (χ2n) is 6.70. The Hall–Kier alpha value is -2.47. The highest BCUT2D eigenvalue weighted by Gasteiger charge is 2.27. The van der Waals surface area contributed by atoms with E-state index >= 15 is 0 Å². The number of rotatable bonds is 6. The molecule has 26 heavy (non-hydrogen) atoms. The zero-order valence-corrected chi connectivity index (χ0v) is 15.3. The number of nitrogens with zero attached hydrogens (tertiary/aromatic N) is 2. The predicted octanol–water partition coefficient (Wildman–Crippen LogP) is 2.60. The number of hydrogen-bond acceptors (Lipinski definition) is 4. The molecule has 0 radical (unpaired) electrons. The van der Waals surface area contributed by atoms with Crippen molar-refractivity contribution >= 4 is 22.8 Å². The first-order chi connectivity index (χ1) is 12.5. The molecule has 6 heteroatoms. The number of carboxylic acids is 1. The van der Waals surface area contributed by atoms with Crippen molar-refractivity contribution in [3.05, 3.63) is 41.1 Å². The van der Waals surface area contributed by atoms with Gasteiger partial charge in [0.1, 0.15) is 6.04 Å². The zero-order chi connectivity index (χ0) is 18.7. The number of likely N-dealkylation sites (N-methyl/N-ethyl adjacent to an activating group) is 1. The Balaban J connectivity index is 2.08. The highest BCUT2D eigenvalue weighted by atomic mass is 16.4. The van der Waals surface area contributed by atoms with E-state index in [9.17, 15) is 14.7 Å². The highest BCUT2D eigenvalue weighted by Crippen LogP contribution is 2.28. The molecule has 1 aliphatic rings. The van der Waals surface area contributed by atoms with Crippen molar-refractivity contribution in [2.45, 2.75) is 45.7 Å². The van der Waals surface area contributed by atoms with E-state index in [-0.39, 0.29) is 5.91 Å². The number of pyridine rings is 1. The van der Waals surface area contributed by atoms with Crippen molar-refractivity contribution in [1.82, 2.24) is 15.2 Å². The molecule has 6 nitrogen and oxygen atoms in total. The largest absolute Gasteiger partial charge is 0.480 e. The zero-order valence-electron chi connectivity index (χ0n) is 15.3. The van der Waals surface area contributed by atoms with Crippen molar-refractivity contribution in [1.29, 1.82) is 0 Å². The summed E-state index contributed by atoms with van der Waals surface area (Å²) in [6, 6.07) is 6.70. The lowest BCUT2D eigenvalue weighted by Crippen LogP contribution is -2.42. The normalized spacial score (nSPS) is 15.5. The Bertz CT molecular complexity index is 834. The molecule has 138 valence electrons. The van der Waals surface area contributed by atoms with Gasteiger partial charge < -0.3 is 10.4 Å². The predicted molar refractivity (Wildman–Crippen MR) is 100 cm³/mol. The molecule has 1 aliphatic heterocycles. The van der Waals surface area contributed by atoms with E-state index < -0.39 is 12.0 Å². The number of aromatic nitrogens is 1. The SMILES string of the molecule is CCCC(NC(=O)c1c2c(nc3ccccc13)CCN(CC)C2)C(=O)O. The van der Waals surface area contributed by atoms with Crippen LogP contribution in [-0.2, 0) is 17.8 Å². The maximum atomic E-state index is 13.1. The van der Waals surface area contributed by atoms with E-state index in [0.717, 1.165) is 41.7 Å². The first-order valence-corrected chi connectivity index (χ1v) is 9.21. The number of amides is 1. The third kappa shape index (κ3) is 3.55. The molecule has 2 N–H and O–H groups in total. The number of aliphatic carboxylic acids is 1. The maximum Gasteiger partial charge on any atom is 0.326 e. The van der Waals surface area contributed by atoms with Crippen LogP contribution in [0, 0.1) is 0 Å². The number of nitrogens with one attached hydrogen (secondary N) is 1. The van der Waals surface area contributed by atoms with Gasteiger partial charge in [-0.1, -0.05) is 38.5 Å². The summed E-state index contributed by atoms with van der Waals surface area (Å²) in [6.45, 7) is 6.49. The number of benzene rings is 1. The van der Waals surface area contributed by atoms with Crippen molar-refractivity contribution in [3.63, 3.8) is 0 Å². The summed E-state index contributed by atoms with van der Waals surface area (Å²) in [4.78, 5) is 31.6. The van der Waals surface area contributed by atoms with Gasteiger partial charge in [0.15, 0.2) is 0 Å². The maximum absolute atomic E-state index is 13.1. The fourth-order valence-corrected chi connectivity index (χ4v) is 3.55. The van der Waals surface area contributed by atoms with Gasteiger partial charge in [0.25, 0.3) is 5.91 Å². The van der Waals surface area contributed by atoms with E-state index in [4.69, 9.17) is 4.98 Å². The van der Waals surface area contributed by atoms with Gasteiger partial charge >= 0.3 is 5.97 Å². The second-order valence-corrected chi connectivity index (χ2v) is 6.70. The number of fused-ring (bicyclic) bond motifs is 2. The molecule has 1 aromatic heterocycles. The van der Waals surface area contributed by atoms with Gasteiger partial charge in [0, 0.05) is 36.2 Å². The fraction of sp³-hybridized carbons (Fsp3) is 0.450. The van der Waals surface area contributed by atoms with Gasteiger partial charge in [0.05, 0.1) is 11.1 Å². The summed E-state index contributed by atoms with van der Waals surface area (Å²) in [5.74, 6) is -1.32. The van der Waals surface area contributed by atoms with Gasteiger partial charge in [-0.05, 0) is 19.0 Å². The standard InChI is InChI=1S/C20H25N3O3/c1-3-7-17(20(25)26)22-19(24)18-13-8-5-6-9-15(13)21-16-10-11-23(4-2)12-14(16)18/h5-6,8-9,17H,3-4,7,10-12H2,1-2H3,(H,22,24)(H,25,26). The first kappa shape index (κ1) is 18.3. The highest BCUT2D eigenvalue weighted by molar-refractivity contribution is 6.08. The number of carbonyl (C=O) groups excluding carboxylic acids is 1. The van der Waals surface area contributed by atoms with Gasteiger partial charge in [-0.25, -0.2) is 4.79 Å². The summed E-state index contributed by atoms with van der Waals surface area (Å²) in [6.07, 6.45) is 1.90. The van der Waals surface area contributed by atoms with E-state index in [2.05, 4.69) is 17.1 Å². The Kier molecular flexibility index (Phi) is 5.52. The number of para-hydroxylation sites is 1. The molecule has 1 amide bonds. The lowest BCUT2D eigenvalue weighted by atomic mass is 9.95. The van der Waals surface area contributed by atoms with Crippen LogP contribution < -0.4 is 5.32 Å². The molecule has 1 unspecified atom stereocenters. The molecule has 0 bridgehead atoms. The lowest BCUT2D eigenvalue weighted by molar-refractivity contribution is -0.139. The van der Waals surface area contributed by atoms with E-state index in [0.29, 0.717) is 24.9 Å². The molecule has 0 fully saturated rings. The minimum absolute atomic E-state index is 0.321. The summed E-state index contributed by atoms with van der Waals surface area (Å²) >= 11 is 0. The van der Waals surface area contributed by atoms with Gasteiger partial charge in [0.2, 0.25) is 0 Å². The smallest absolute Gasteiger partial charge is 0.326 e. The quantitative estimate of drug-likeness (QED) is 0.832. The summed E-state index contributed by atoms with van der Waals surface area (Å²) in [7, 11) is 0. The summed E-state index contributed by atoms with van der Waals surface area (Å²) in [5, 5.41) is 12.9. The molecule has 2 heterocycles. The van der Waals surface area contributed by atoms with Crippen LogP contribution >= 0.6 is 0 Å². The number of carboxylic acid groups (broad SMARTS) is 1. The minimum atomic E-state index is -0.998. The molecule has 1 aromatic carbocycles. The molecule has 0 saturated carbocycles. The number of carbonyl (C=O) groups is 2. The molecule has 0 aliphatic carbocycles. The Morgan fingerprint density at radius 3 is 2.77 bits per heavy atom. The van der Waals surface area contributed by atoms with Crippen LogP contribution in [0.2, 0.25) is 0 Å². The monoisotopic (exact) mass is 355 g/mol. The van der Waals surface area contributed by atoms with E-state index in [1.807, 2.05) is 31.2 Å². The molecular formula is C20H25N3O3. The van der Waals surface area contributed by atoms with Crippen molar-refractivity contribution in [3.8, 4) is 0 Å². The first-order valence-electron chi connectivity index (χ1n) is 9.21. The van der Waals surface area contributed by atoms with Crippen LogP contribution in [0.1, 0.15) is 48.3 Å². The van der Waals surface area contributed by atoms with Crippen molar-refractivity contribution < 1.29 is 14.7 Å². The molecule has 1 atom stereocenters. The van der Waals surface area contributed by atoms with Crippen LogP contribution in [-0.4, -0.2) is 46.0 Å². The average molecular weight is 355 g/mol. The topological polar surface area (TPSA) is 82.5 Å². The van der Waals surface area contributed by atoms with Crippen LogP contribution in [0.15, 0.2) is 24.3 Å². The minimum Gasteiger partial charge on any atom is -0.480 e. The Morgan fingerprint density at radius 2 is 2.08 bits per heavy atom. The van der Waals surface area contributed by atoms with Crippen molar-refractivity contribution in [2.75, 3.05) is 13.1 Å². The molecular weight excluding hydrogens is 330 g/mol. The van der Waals surface area contributed by atoms with Crippen LogP contribution in [0.5, 0.6) is 0 Å². The average Bonchev–Trinajstić information content (AvgIpc) is 2.65. The van der Waals surface area contributed by atoms with E-state index in [1.54, 1.807) is 0 Å². The summed E-state index contributed by atoms with van der Waals surface area (Å²) in [5.41, 5.74) is 3.23. The van der Waals surface area contributed by atoms with Crippen LogP contribution in [0.4, 0.5) is 0 Å². The fourth-order valence-electron chi connectivity index (χ4n) is 3.55. The third-order valence-electron chi connectivity index (χ3n) is 4.98. The Labute approximate surface area is 153 Å². The number of hydrogen-bond donors (Lipinski definition) is 2. The van der Waals surface area contributed by atoms with E-state index in [1.165, 1.54) is 0 Å².